The number of pyridine rings is 1. The fourth-order valence-electron chi connectivity index (χ4n) is 3.58. The summed E-state index contributed by atoms with van der Waals surface area (Å²) in [5.74, 6) is -1.78. The zero-order valence-corrected chi connectivity index (χ0v) is 18.2. The molecule has 3 aromatic carbocycles. The Labute approximate surface area is 207 Å². The summed E-state index contributed by atoms with van der Waals surface area (Å²) < 4.78 is 51.0. The second-order valence-corrected chi connectivity index (χ2v) is 7.79. The third-order valence-electron chi connectivity index (χ3n) is 5.45. The number of fused-ring (bicyclic) bond motifs is 1. The highest BCUT2D eigenvalue weighted by molar-refractivity contribution is 5.98. The monoisotopic (exact) mass is 459 g/mol. The SMILES string of the molecule is [2H]C([2H])([2H])c1ccc(C(=O)OCc2ccc([C@@H](CN)C(=O)Nc3ccc4cnccc4c3)cc2)c(C([2H])([2H])[2H])c1. The fourth-order valence-corrected chi connectivity index (χ4v) is 3.58. The molecule has 1 atom stereocenters. The molecule has 0 bridgehead atoms. The maximum Gasteiger partial charge on any atom is 0.338 e. The quantitative estimate of drug-likeness (QED) is 0.384. The van der Waals surface area contributed by atoms with Gasteiger partial charge in [0.2, 0.25) is 5.91 Å². The van der Waals surface area contributed by atoms with Gasteiger partial charge in [-0.1, -0.05) is 48.0 Å². The number of esters is 1. The Hall–Kier alpha value is -4.03. The van der Waals surface area contributed by atoms with Crippen LogP contribution in [0.1, 0.15) is 46.8 Å². The highest BCUT2D eigenvalue weighted by atomic mass is 16.5. The van der Waals surface area contributed by atoms with Crippen molar-refractivity contribution in [3.05, 3.63) is 107 Å². The first-order valence-electron chi connectivity index (χ1n) is 13.6. The lowest BCUT2D eigenvalue weighted by molar-refractivity contribution is -0.117. The second kappa shape index (κ2) is 10.3. The van der Waals surface area contributed by atoms with Crippen LogP contribution in [-0.4, -0.2) is 23.4 Å². The van der Waals surface area contributed by atoms with Crippen LogP contribution < -0.4 is 11.1 Å². The summed E-state index contributed by atoms with van der Waals surface area (Å²) in [5, 5.41) is 4.79. The first-order chi connectivity index (χ1) is 18.9. The van der Waals surface area contributed by atoms with Gasteiger partial charge >= 0.3 is 5.97 Å². The highest BCUT2D eigenvalue weighted by Gasteiger charge is 2.19. The van der Waals surface area contributed by atoms with E-state index in [1.807, 2.05) is 18.2 Å². The van der Waals surface area contributed by atoms with E-state index >= 15 is 0 Å². The van der Waals surface area contributed by atoms with Crippen molar-refractivity contribution in [2.45, 2.75) is 26.2 Å². The van der Waals surface area contributed by atoms with E-state index in [9.17, 15) is 9.59 Å². The molecule has 1 aromatic heterocycles. The van der Waals surface area contributed by atoms with Crippen molar-refractivity contribution in [1.29, 1.82) is 0 Å². The molecule has 0 saturated carbocycles. The molecule has 0 radical (unpaired) electrons. The molecule has 34 heavy (non-hydrogen) atoms. The van der Waals surface area contributed by atoms with Crippen molar-refractivity contribution >= 4 is 28.3 Å². The summed E-state index contributed by atoms with van der Waals surface area (Å²) in [6, 6.07) is 17.5. The third-order valence-corrected chi connectivity index (χ3v) is 5.45. The van der Waals surface area contributed by atoms with Crippen molar-refractivity contribution in [3.63, 3.8) is 0 Å². The summed E-state index contributed by atoms with van der Waals surface area (Å²) >= 11 is 0. The number of ether oxygens (including phenoxy) is 1. The van der Waals surface area contributed by atoms with E-state index in [0.29, 0.717) is 16.8 Å². The smallest absolute Gasteiger partial charge is 0.338 e. The van der Waals surface area contributed by atoms with Gasteiger partial charge in [-0.05, 0) is 60.0 Å². The number of benzene rings is 3. The van der Waals surface area contributed by atoms with Crippen LogP contribution in [0.25, 0.3) is 10.8 Å². The van der Waals surface area contributed by atoms with E-state index in [1.165, 1.54) is 6.07 Å². The number of nitrogens with zero attached hydrogens (tertiary/aromatic N) is 1. The van der Waals surface area contributed by atoms with Gasteiger partial charge in [0.15, 0.2) is 0 Å². The summed E-state index contributed by atoms with van der Waals surface area (Å²) in [4.78, 5) is 29.8. The number of nitrogens with one attached hydrogen (secondary N) is 1. The van der Waals surface area contributed by atoms with E-state index in [2.05, 4.69) is 10.3 Å². The van der Waals surface area contributed by atoms with Gasteiger partial charge in [0.1, 0.15) is 6.61 Å². The molecule has 1 amide bonds. The average Bonchev–Trinajstić information content (AvgIpc) is 2.91. The number of rotatable bonds is 7. The van der Waals surface area contributed by atoms with Crippen LogP contribution in [0, 0.1) is 13.7 Å². The molecular weight excluding hydrogens is 426 g/mol. The maximum atomic E-state index is 13.0. The van der Waals surface area contributed by atoms with Crippen molar-refractivity contribution < 1.29 is 22.6 Å². The predicted molar refractivity (Wildman–Crippen MR) is 134 cm³/mol. The van der Waals surface area contributed by atoms with Crippen LogP contribution in [-0.2, 0) is 16.1 Å². The van der Waals surface area contributed by atoms with Crippen molar-refractivity contribution in [2.24, 2.45) is 5.73 Å². The summed E-state index contributed by atoms with van der Waals surface area (Å²) in [7, 11) is 0. The van der Waals surface area contributed by atoms with Crippen LogP contribution in [0.15, 0.2) is 79.1 Å². The molecule has 0 spiro atoms. The van der Waals surface area contributed by atoms with Crippen molar-refractivity contribution in [3.8, 4) is 0 Å². The average molecular weight is 460 g/mol. The van der Waals surface area contributed by atoms with Gasteiger partial charge in [0, 0.05) is 38.2 Å². The minimum Gasteiger partial charge on any atom is -0.457 e. The predicted octanol–water partition coefficient (Wildman–Crippen LogP) is 4.89. The normalized spacial score (nSPS) is 15.1. The number of carbonyl (C=O) groups excluding carboxylic acids is 2. The first kappa shape index (κ1) is 16.6. The molecule has 0 unspecified atom stereocenters. The van der Waals surface area contributed by atoms with Crippen LogP contribution in [0.5, 0.6) is 0 Å². The Morgan fingerprint density at radius 3 is 2.65 bits per heavy atom. The number of carbonyl (C=O) groups is 2. The number of aryl methyl sites for hydroxylation is 2. The van der Waals surface area contributed by atoms with Gasteiger partial charge in [0.05, 0.1) is 11.5 Å². The Morgan fingerprint density at radius 1 is 1.03 bits per heavy atom. The van der Waals surface area contributed by atoms with Gasteiger partial charge in [0.25, 0.3) is 0 Å². The Bertz CT molecular complexity index is 1540. The molecule has 6 heteroatoms. The van der Waals surface area contributed by atoms with Crippen molar-refractivity contribution in [1.82, 2.24) is 4.98 Å². The molecule has 0 saturated heterocycles. The standard InChI is InChI=1S/C28H27N3O3/c1-18-3-10-25(19(2)13-18)28(33)34-17-20-4-6-21(7-5-20)26(15-29)27(32)31-24-9-8-23-16-30-12-11-22(23)14-24/h3-14,16,26H,15,17,29H2,1-2H3,(H,31,32)/t26-/m1/s1/i1D3,2D3. The van der Waals surface area contributed by atoms with Gasteiger partial charge in [-0.15, -0.1) is 0 Å². The lowest BCUT2D eigenvalue weighted by Crippen LogP contribution is -2.27. The maximum absolute atomic E-state index is 13.0. The Kier molecular flexibility index (Phi) is 5.00. The van der Waals surface area contributed by atoms with E-state index in [4.69, 9.17) is 18.7 Å². The first-order valence-corrected chi connectivity index (χ1v) is 10.6. The zero-order chi connectivity index (χ0) is 29.1. The summed E-state index contributed by atoms with van der Waals surface area (Å²) in [6.07, 6.45) is 3.42. The topological polar surface area (TPSA) is 94.3 Å². The molecule has 0 fully saturated rings. The number of hydrogen-bond donors (Lipinski definition) is 2. The number of hydrogen-bond acceptors (Lipinski definition) is 5. The van der Waals surface area contributed by atoms with Gasteiger partial charge < -0.3 is 15.8 Å². The highest BCUT2D eigenvalue weighted by Crippen LogP contribution is 2.22. The lowest BCUT2D eigenvalue weighted by atomic mass is 9.97. The van der Waals surface area contributed by atoms with Crippen LogP contribution in [0.2, 0.25) is 0 Å². The summed E-state index contributed by atoms with van der Waals surface area (Å²) in [6.45, 7) is -5.32. The number of nitrogens with two attached hydrogens (primary N) is 1. The lowest BCUT2D eigenvalue weighted by Gasteiger charge is -2.16. The van der Waals surface area contributed by atoms with Gasteiger partial charge in [-0.2, -0.15) is 0 Å². The van der Waals surface area contributed by atoms with Gasteiger partial charge in [-0.3, -0.25) is 9.78 Å². The van der Waals surface area contributed by atoms with E-state index in [-0.39, 0.29) is 35.7 Å². The molecule has 3 N–H and O–H groups in total. The second-order valence-electron chi connectivity index (χ2n) is 7.79. The number of aromatic nitrogens is 1. The Balaban J connectivity index is 1.43. The fraction of sp³-hybridized carbons (Fsp3) is 0.179. The van der Waals surface area contributed by atoms with Crippen LogP contribution in [0.4, 0.5) is 5.69 Å². The molecular formula is C28H27N3O3. The summed E-state index contributed by atoms with van der Waals surface area (Å²) in [5.41, 5.74) is 7.03. The minimum atomic E-state index is -2.71. The third kappa shape index (κ3) is 5.30. The van der Waals surface area contributed by atoms with Gasteiger partial charge in [-0.25, -0.2) is 4.79 Å². The Morgan fingerprint density at radius 2 is 1.88 bits per heavy atom. The molecule has 4 aromatic rings. The molecule has 0 aliphatic rings. The molecule has 172 valence electrons. The molecule has 0 aliphatic carbocycles. The molecule has 0 aliphatic heterocycles. The minimum absolute atomic E-state index is 0.0712. The van der Waals surface area contributed by atoms with Crippen LogP contribution >= 0.6 is 0 Å². The number of amides is 1. The molecule has 6 nitrogen and oxygen atoms in total. The number of anilines is 1. The van der Waals surface area contributed by atoms with E-state index < -0.39 is 25.6 Å². The molecule has 4 rings (SSSR count). The zero-order valence-electron chi connectivity index (χ0n) is 24.2. The molecule has 1 heterocycles. The van der Waals surface area contributed by atoms with E-state index in [0.717, 1.165) is 22.9 Å². The van der Waals surface area contributed by atoms with Crippen molar-refractivity contribution in [2.75, 3.05) is 11.9 Å². The largest absolute Gasteiger partial charge is 0.457 e. The van der Waals surface area contributed by atoms with E-state index in [1.54, 1.807) is 42.7 Å². The van der Waals surface area contributed by atoms with Crippen LogP contribution in [0.3, 0.4) is 0 Å².